The second kappa shape index (κ2) is 16.8. The van der Waals surface area contributed by atoms with Crippen molar-refractivity contribution in [1.82, 2.24) is 0 Å². The zero-order chi connectivity index (χ0) is 43.8. The van der Waals surface area contributed by atoms with Crippen LogP contribution < -0.4 is 0 Å². The lowest BCUT2D eigenvalue weighted by atomic mass is 9.85. The summed E-state index contributed by atoms with van der Waals surface area (Å²) in [6, 6.07) is 97.7. The molecule has 12 rings (SSSR count). The van der Waals surface area contributed by atoms with E-state index in [-0.39, 0.29) is 0 Å². The monoisotopic (exact) mass is 836 g/mol. The Morgan fingerprint density at radius 2 is 0.394 bits per heavy atom. The standard InChI is InChI=1S/C66H44/c1-2-15-45(16-3-1)47-33-35-48(36-34-47)50-19-10-20-51(39-50)52-21-11-22-53(40-52)54-23-12-24-55(41-54)56-25-13-26-57(42-56)58-27-14-28-59(44-58)65-61-29-6-8-31-63(61)66(64-32-9-7-30-62(64)65)60-38-37-46-17-4-5-18-49(46)43-60/h1-44H. The molecule has 0 unspecified atom stereocenters. The summed E-state index contributed by atoms with van der Waals surface area (Å²) >= 11 is 0. The highest BCUT2D eigenvalue weighted by Crippen LogP contribution is 2.45. The molecular weight excluding hydrogens is 793 g/mol. The van der Waals surface area contributed by atoms with Gasteiger partial charge in [-0.15, -0.1) is 0 Å². The van der Waals surface area contributed by atoms with Crippen molar-refractivity contribution < 1.29 is 0 Å². The minimum Gasteiger partial charge on any atom is -0.0622 e. The molecule has 12 aromatic rings. The maximum absolute atomic E-state index is 2.37. The fourth-order valence-corrected chi connectivity index (χ4v) is 9.95. The predicted molar refractivity (Wildman–Crippen MR) is 282 cm³/mol. The van der Waals surface area contributed by atoms with Crippen LogP contribution in [-0.2, 0) is 0 Å². The number of benzene rings is 12. The van der Waals surface area contributed by atoms with Crippen LogP contribution in [0.3, 0.4) is 0 Å². The minimum absolute atomic E-state index is 1.19. The minimum atomic E-state index is 1.19. The van der Waals surface area contributed by atoms with E-state index in [0.29, 0.717) is 0 Å². The van der Waals surface area contributed by atoms with Crippen molar-refractivity contribution in [3.8, 4) is 89.0 Å². The third kappa shape index (κ3) is 7.35. The van der Waals surface area contributed by atoms with Crippen LogP contribution in [0.15, 0.2) is 267 Å². The van der Waals surface area contributed by atoms with Gasteiger partial charge in [0, 0.05) is 0 Å². The molecule has 0 aliphatic carbocycles. The predicted octanol–water partition coefficient (Wildman–Crippen LogP) is 18.5. The fourth-order valence-electron chi connectivity index (χ4n) is 9.95. The van der Waals surface area contributed by atoms with Crippen LogP contribution in [0.4, 0.5) is 0 Å². The summed E-state index contributed by atoms with van der Waals surface area (Å²) in [5, 5.41) is 7.54. The summed E-state index contributed by atoms with van der Waals surface area (Å²) in [5.41, 5.74) is 19.4. The van der Waals surface area contributed by atoms with E-state index in [9.17, 15) is 0 Å². The average Bonchev–Trinajstić information content (AvgIpc) is 3.40. The summed E-state index contributed by atoms with van der Waals surface area (Å²) in [5.74, 6) is 0. The molecule has 308 valence electrons. The fraction of sp³-hybridized carbons (Fsp3) is 0. The average molecular weight is 837 g/mol. The maximum atomic E-state index is 2.37. The van der Waals surface area contributed by atoms with Gasteiger partial charge in [0.15, 0.2) is 0 Å². The van der Waals surface area contributed by atoms with E-state index < -0.39 is 0 Å². The molecular formula is C66H44. The SMILES string of the molecule is c1ccc(-c2ccc(-c3cccc(-c4cccc(-c5cccc(-c6cccc(-c7cccc(-c8c9ccccc9c(-c9ccc%10ccccc%10c9)c9ccccc89)c7)c6)c5)c4)c3)cc2)cc1. The summed E-state index contributed by atoms with van der Waals surface area (Å²) in [7, 11) is 0. The Labute approximate surface area is 386 Å². The molecule has 0 aliphatic heterocycles. The van der Waals surface area contributed by atoms with Gasteiger partial charge < -0.3 is 0 Å². The van der Waals surface area contributed by atoms with E-state index in [2.05, 4.69) is 267 Å². The smallest absolute Gasteiger partial charge is 0.00262 e. The molecule has 0 aliphatic rings. The second-order valence-corrected chi connectivity index (χ2v) is 17.3. The van der Waals surface area contributed by atoms with Gasteiger partial charge in [0.2, 0.25) is 0 Å². The molecule has 0 N–H and O–H groups in total. The summed E-state index contributed by atoms with van der Waals surface area (Å²) < 4.78 is 0. The molecule has 0 saturated heterocycles. The van der Waals surface area contributed by atoms with Crippen LogP contribution in [0.25, 0.3) is 121 Å². The van der Waals surface area contributed by atoms with Gasteiger partial charge in [-0.25, -0.2) is 0 Å². The molecule has 0 spiro atoms. The normalized spacial score (nSPS) is 11.3. The van der Waals surface area contributed by atoms with Gasteiger partial charge in [0.05, 0.1) is 0 Å². The second-order valence-electron chi connectivity index (χ2n) is 17.3. The van der Waals surface area contributed by atoms with Crippen molar-refractivity contribution in [2.45, 2.75) is 0 Å². The first-order chi connectivity index (χ1) is 32.7. The van der Waals surface area contributed by atoms with Crippen LogP contribution in [-0.4, -0.2) is 0 Å². The Morgan fingerprint density at radius 3 is 0.818 bits per heavy atom. The van der Waals surface area contributed by atoms with Crippen molar-refractivity contribution >= 4 is 32.3 Å². The van der Waals surface area contributed by atoms with Gasteiger partial charge in [-0.2, -0.15) is 0 Å². The molecule has 0 amide bonds. The van der Waals surface area contributed by atoms with Gasteiger partial charge in [0.25, 0.3) is 0 Å². The third-order valence-electron chi connectivity index (χ3n) is 13.2. The van der Waals surface area contributed by atoms with Gasteiger partial charge in [-0.05, 0) is 158 Å². The molecule has 0 atom stereocenters. The highest BCUT2D eigenvalue weighted by atomic mass is 14.2. The zero-order valence-electron chi connectivity index (χ0n) is 36.4. The van der Waals surface area contributed by atoms with Crippen LogP contribution in [0.1, 0.15) is 0 Å². The van der Waals surface area contributed by atoms with Crippen LogP contribution in [0.2, 0.25) is 0 Å². The van der Waals surface area contributed by atoms with Gasteiger partial charge >= 0.3 is 0 Å². The molecule has 0 aromatic heterocycles. The Balaban J connectivity index is 0.862. The molecule has 12 aromatic carbocycles. The molecule has 0 saturated carbocycles. The molecule has 0 heterocycles. The van der Waals surface area contributed by atoms with E-state index in [1.54, 1.807) is 0 Å². The van der Waals surface area contributed by atoms with E-state index in [1.165, 1.54) is 121 Å². The molecule has 0 nitrogen and oxygen atoms in total. The summed E-state index contributed by atoms with van der Waals surface area (Å²) in [6.07, 6.45) is 0. The zero-order valence-corrected chi connectivity index (χ0v) is 36.4. The third-order valence-corrected chi connectivity index (χ3v) is 13.2. The lowest BCUT2D eigenvalue weighted by Gasteiger charge is -2.18. The first-order valence-corrected chi connectivity index (χ1v) is 22.8. The number of hydrogen-bond acceptors (Lipinski definition) is 0. The lowest BCUT2D eigenvalue weighted by molar-refractivity contribution is 1.56. The first-order valence-electron chi connectivity index (χ1n) is 22.8. The first kappa shape index (κ1) is 39.0. The summed E-state index contributed by atoms with van der Waals surface area (Å²) in [4.78, 5) is 0. The highest BCUT2D eigenvalue weighted by molar-refractivity contribution is 6.21. The Bertz CT molecular complexity index is 3690. The molecule has 0 radical (unpaired) electrons. The van der Waals surface area contributed by atoms with Crippen molar-refractivity contribution in [2.24, 2.45) is 0 Å². The van der Waals surface area contributed by atoms with Crippen LogP contribution in [0, 0.1) is 0 Å². The Kier molecular flexibility index (Phi) is 9.97. The van der Waals surface area contributed by atoms with E-state index in [0.717, 1.165) is 0 Å². The largest absolute Gasteiger partial charge is 0.0622 e. The highest BCUT2D eigenvalue weighted by Gasteiger charge is 2.17. The Hall–Kier alpha value is -8.58. The Morgan fingerprint density at radius 1 is 0.136 bits per heavy atom. The number of rotatable bonds is 8. The van der Waals surface area contributed by atoms with Gasteiger partial charge in [-0.3, -0.25) is 0 Å². The summed E-state index contributed by atoms with van der Waals surface area (Å²) in [6.45, 7) is 0. The maximum Gasteiger partial charge on any atom is -0.00262 e. The van der Waals surface area contributed by atoms with E-state index >= 15 is 0 Å². The van der Waals surface area contributed by atoms with Crippen molar-refractivity contribution in [3.05, 3.63) is 267 Å². The number of fused-ring (bicyclic) bond motifs is 3. The van der Waals surface area contributed by atoms with Crippen molar-refractivity contribution in [3.63, 3.8) is 0 Å². The molecule has 66 heavy (non-hydrogen) atoms. The van der Waals surface area contributed by atoms with E-state index in [1.807, 2.05) is 0 Å². The molecule has 0 bridgehead atoms. The topological polar surface area (TPSA) is 0 Å². The van der Waals surface area contributed by atoms with Crippen molar-refractivity contribution in [2.75, 3.05) is 0 Å². The molecule has 0 heteroatoms. The van der Waals surface area contributed by atoms with Crippen LogP contribution in [0.5, 0.6) is 0 Å². The van der Waals surface area contributed by atoms with E-state index in [4.69, 9.17) is 0 Å². The quantitative estimate of drug-likeness (QED) is 0.134. The molecule has 0 fully saturated rings. The number of hydrogen-bond donors (Lipinski definition) is 0. The van der Waals surface area contributed by atoms with Crippen molar-refractivity contribution in [1.29, 1.82) is 0 Å². The van der Waals surface area contributed by atoms with Crippen LogP contribution >= 0.6 is 0 Å². The van der Waals surface area contributed by atoms with Gasteiger partial charge in [-0.1, -0.05) is 231 Å². The lowest BCUT2D eigenvalue weighted by Crippen LogP contribution is -1.91. The van der Waals surface area contributed by atoms with Gasteiger partial charge in [0.1, 0.15) is 0 Å².